The number of ether oxygens (including phenoxy) is 3. The molecule has 0 spiro atoms. The highest BCUT2D eigenvalue weighted by molar-refractivity contribution is 6.33. The number of ketones is 1. The van der Waals surface area contributed by atoms with Gasteiger partial charge in [-0.1, -0.05) is 11.6 Å². The Morgan fingerprint density at radius 3 is 2.63 bits per heavy atom. The van der Waals surface area contributed by atoms with E-state index in [1.165, 1.54) is 0 Å². The van der Waals surface area contributed by atoms with Crippen molar-refractivity contribution in [3.63, 3.8) is 0 Å². The quantitative estimate of drug-likeness (QED) is 0.553. The number of fused-ring (bicyclic) bond motifs is 2. The van der Waals surface area contributed by atoms with Crippen LogP contribution in [0.15, 0.2) is 6.07 Å². The van der Waals surface area contributed by atoms with E-state index in [0.717, 1.165) is 12.5 Å². The van der Waals surface area contributed by atoms with Crippen molar-refractivity contribution in [2.24, 2.45) is 0 Å². The summed E-state index contributed by atoms with van der Waals surface area (Å²) in [5.74, 6) is -1.89. The van der Waals surface area contributed by atoms with Gasteiger partial charge in [-0.3, -0.25) is 4.79 Å². The van der Waals surface area contributed by atoms with E-state index in [1.807, 2.05) is 0 Å². The predicted molar refractivity (Wildman–Crippen MR) is 96.3 cm³/mol. The SMILES string of the molecule is COC1CCC2OC2CC(C)OC(=O)c2c(O)cc(O)c(Cl)c2CC(=O)C1. The largest absolute Gasteiger partial charge is 0.507 e. The van der Waals surface area contributed by atoms with Gasteiger partial charge in [0.25, 0.3) is 0 Å². The molecule has 4 unspecified atom stereocenters. The molecule has 1 fully saturated rings. The number of hydrogen-bond donors (Lipinski definition) is 2. The summed E-state index contributed by atoms with van der Waals surface area (Å²) in [5.41, 5.74) is -0.138. The number of halogens is 1. The number of aromatic hydroxyl groups is 2. The molecule has 0 aromatic heterocycles. The lowest BCUT2D eigenvalue weighted by atomic mass is 9.96. The Labute approximate surface area is 162 Å². The van der Waals surface area contributed by atoms with Crippen molar-refractivity contribution in [3.05, 3.63) is 22.2 Å². The van der Waals surface area contributed by atoms with Crippen molar-refractivity contribution < 1.29 is 34.0 Å². The van der Waals surface area contributed by atoms with Crippen molar-refractivity contribution in [2.75, 3.05) is 7.11 Å². The minimum absolute atomic E-state index is 0.000390. The first-order valence-corrected chi connectivity index (χ1v) is 9.32. The maximum atomic E-state index is 12.6. The Balaban J connectivity index is 1.95. The molecule has 1 aromatic rings. The number of rotatable bonds is 1. The number of hydrogen-bond acceptors (Lipinski definition) is 7. The van der Waals surface area contributed by atoms with Crippen molar-refractivity contribution in [1.29, 1.82) is 0 Å². The van der Waals surface area contributed by atoms with Gasteiger partial charge in [0.15, 0.2) is 0 Å². The minimum Gasteiger partial charge on any atom is -0.507 e. The zero-order valence-electron chi connectivity index (χ0n) is 15.2. The second kappa shape index (κ2) is 8.04. The van der Waals surface area contributed by atoms with E-state index in [9.17, 15) is 19.8 Å². The molecule has 8 heteroatoms. The number of esters is 1. The van der Waals surface area contributed by atoms with Gasteiger partial charge < -0.3 is 24.4 Å². The van der Waals surface area contributed by atoms with Crippen LogP contribution in [0.3, 0.4) is 0 Å². The van der Waals surface area contributed by atoms with E-state index in [2.05, 4.69) is 0 Å². The van der Waals surface area contributed by atoms with Crippen molar-refractivity contribution in [1.82, 2.24) is 0 Å². The highest BCUT2D eigenvalue weighted by Crippen LogP contribution is 2.38. The predicted octanol–water partition coefficient (Wildman–Crippen LogP) is 2.76. The van der Waals surface area contributed by atoms with Gasteiger partial charge in [-0.2, -0.15) is 0 Å². The van der Waals surface area contributed by atoms with Gasteiger partial charge in [-0.25, -0.2) is 4.79 Å². The number of phenolic OH excluding ortho intramolecular Hbond substituents is 2. The topological polar surface area (TPSA) is 106 Å². The summed E-state index contributed by atoms with van der Waals surface area (Å²) in [4.78, 5) is 25.2. The molecule has 2 aliphatic heterocycles. The Morgan fingerprint density at radius 1 is 1.19 bits per heavy atom. The van der Waals surface area contributed by atoms with Crippen LogP contribution in [0.1, 0.15) is 48.5 Å². The number of methoxy groups -OCH3 is 1. The fourth-order valence-corrected chi connectivity index (χ4v) is 3.73. The first-order chi connectivity index (χ1) is 12.8. The Kier molecular flexibility index (Phi) is 5.93. The normalized spacial score (nSPS) is 29.3. The average Bonchev–Trinajstić information content (AvgIpc) is 3.32. The van der Waals surface area contributed by atoms with Gasteiger partial charge in [0, 0.05) is 38.0 Å². The molecule has 2 N–H and O–H groups in total. The molecule has 0 aliphatic carbocycles. The molecule has 0 saturated carbocycles. The third-order valence-electron chi connectivity index (χ3n) is 5.02. The van der Waals surface area contributed by atoms with E-state index in [-0.39, 0.29) is 53.1 Å². The second-order valence-electron chi connectivity index (χ2n) is 7.10. The number of carbonyl (C=O) groups is 2. The van der Waals surface area contributed by atoms with Crippen LogP contribution in [0.25, 0.3) is 0 Å². The van der Waals surface area contributed by atoms with Gasteiger partial charge in [0.1, 0.15) is 28.9 Å². The maximum absolute atomic E-state index is 12.6. The second-order valence-corrected chi connectivity index (χ2v) is 7.48. The van der Waals surface area contributed by atoms with Crippen LogP contribution in [0.4, 0.5) is 0 Å². The van der Waals surface area contributed by atoms with Crippen LogP contribution in [-0.2, 0) is 25.4 Å². The highest BCUT2D eigenvalue weighted by Gasteiger charge is 2.40. The van der Waals surface area contributed by atoms with Crippen molar-refractivity contribution >= 4 is 23.4 Å². The number of epoxide rings is 1. The number of benzene rings is 1. The molecule has 0 bridgehead atoms. The fourth-order valence-electron chi connectivity index (χ4n) is 3.51. The fraction of sp³-hybridized carbons (Fsp3) is 0.579. The molecule has 1 aromatic carbocycles. The van der Waals surface area contributed by atoms with Crippen LogP contribution >= 0.6 is 11.6 Å². The zero-order chi connectivity index (χ0) is 19.7. The lowest BCUT2D eigenvalue weighted by molar-refractivity contribution is -0.120. The molecule has 1 saturated heterocycles. The molecular formula is C19H23ClO7. The number of carbonyl (C=O) groups excluding carboxylic acids is 2. The minimum atomic E-state index is -0.790. The molecular weight excluding hydrogens is 376 g/mol. The molecule has 7 nitrogen and oxygen atoms in total. The highest BCUT2D eigenvalue weighted by atomic mass is 35.5. The van der Waals surface area contributed by atoms with E-state index in [0.29, 0.717) is 12.8 Å². The van der Waals surface area contributed by atoms with Gasteiger partial charge in [0.05, 0.1) is 23.3 Å². The van der Waals surface area contributed by atoms with Crippen LogP contribution in [0, 0.1) is 0 Å². The smallest absolute Gasteiger partial charge is 0.342 e. The Hall–Kier alpha value is -1.83. The lowest BCUT2D eigenvalue weighted by Crippen LogP contribution is -2.23. The van der Waals surface area contributed by atoms with Crippen molar-refractivity contribution in [2.45, 2.75) is 63.4 Å². The summed E-state index contributed by atoms with van der Waals surface area (Å²) in [6, 6.07) is 0.971. The van der Waals surface area contributed by atoms with Gasteiger partial charge in [-0.05, 0) is 19.8 Å². The number of Topliss-reactive ketones (excluding diaryl/α,β-unsaturated/α-hetero) is 1. The monoisotopic (exact) mass is 398 g/mol. The molecule has 0 amide bonds. The third kappa shape index (κ3) is 4.54. The number of cyclic esters (lactones) is 1. The van der Waals surface area contributed by atoms with Gasteiger partial charge >= 0.3 is 5.97 Å². The van der Waals surface area contributed by atoms with Crippen LogP contribution < -0.4 is 0 Å². The van der Waals surface area contributed by atoms with E-state index >= 15 is 0 Å². The van der Waals surface area contributed by atoms with E-state index in [4.69, 9.17) is 25.8 Å². The van der Waals surface area contributed by atoms with E-state index in [1.54, 1.807) is 14.0 Å². The standard InChI is InChI=1S/C19H23ClO7/c1-9-5-16-15(27-16)4-3-11(25-2)6-10(21)7-12-17(19(24)26-9)13(22)8-14(23)18(12)20/h8-9,11,15-16,22-23H,3-7H2,1-2H3. The summed E-state index contributed by atoms with van der Waals surface area (Å²) in [5, 5.41) is 19.9. The zero-order valence-corrected chi connectivity index (χ0v) is 16.0. The first-order valence-electron chi connectivity index (χ1n) is 8.94. The van der Waals surface area contributed by atoms with E-state index < -0.39 is 23.6 Å². The molecule has 2 heterocycles. The molecule has 2 aliphatic rings. The Morgan fingerprint density at radius 2 is 1.93 bits per heavy atom. The summed E-state index contributed by atoms with van der Waals surface area (Å²) in [6.45, 7) is 1.74. The van der Waals surface area contributed by atoms with Gasteiger partial charge in [-0.15, -0.1) is 0 Å². The van der Waals surface area contributed by atoms with Crippen molar-refractivity contribution in [3.8, 4) is 11.5 Å². The summed E-state index contributed by atoms with van der Waals surface area (Å²) < 4.78 is 16.4. The first kappa shape index (κ1) is 19.9. The molecule has 3 rings (SSSR count). The number of phenols is 2. The third-order valence-corrected chi connectivity index (χ3v) is 5.44. The Bertz CT molecular complexity index is 748. The summed E-state index contributed by atoms with van der Waals surface area (Å²) >= 11 is 6.13. The van der Waals surface area contributed by atoms with Crippen LogP contribution in [0.2, 0.25) is 5.02 Å². The van der Waals surface area contributed by atoms with Gasteiger partial charge in [0.2, 0.25) is 0 Å². The molecule has 0 radical (unpaired) electrons. The van der Waals surface area contributed by atoms with Crippen LogP contribution in [0.5, 0.6) is 11.5 Å². The molecule has 4 atom stereocenters. The average molecular weight is 399 g/mol. The maximum Gasteiger partial charge on any atom is 0.342 e. The molecule has 148 valence electrons. The summed E-state index contributed by atoms with van der Waals surface area (Å²) in [6.07, 6.45) is 1.24. The van der Waals surface area contributed by atoms with Crippen LogP contribution in [-0.4, -0.2) is 53.5 Å². The summed E-state index contributed by atoms with van der Waals surface area (Å²) in [7, 11) is 1.55. The lowest BCUT2D eigenvalue weighted by Gasteiger charge is -2.19. The molecule has 27 heavy (non-hydrogen) atoms.